The van der Waals surface area contributed by atoms with Crippen molar-refractivity contribution < 1.29 is 9.59 Å². The molecule has 1 N–H and O–H groups in total. The Labute approximate surface area is 106 Å². The van der Waals surface area contributed by atoms with Crippen LogP contribution in [-0.4, -0.2) is 36.2 Å². The fraction of sp³-hybridized carbons (Fsp3) is 0.429. The molecule has 1 fully saturated rings. The average Bonchev–Trinajstić information content (AvgIpc) is 2.81. The van der Waals surface area contributed by atoms with Crippen molar-refractivity contribution in [3.63, 3.8) is 0 Å². The average molecular weight is 244 g/mol. The number of ketones is 1. The van der Waals surface area contributed by atoms with E-state index < -0.39 is 5.41 Å². The van der Waals surface area contributed by atoms with E-state index in [0.717, 1.165) is 11.3 Å². The van der Waals surface area contributed by atoms with Crippen LogP contribution in [0.15, 0.2) is 24.3 Å². The fourth-order valence-corrected chi connectivity index (χ4v) is 3.27. The zero-order chi connectivity index (χ0) is 12.9. The Kier molecular flexibility index (Phi) is 2.32. The number of carbonyl (C=O) groups excluding carboxylic acids is 2. The van der Waals surface area contributed by atoms with Gasteiger partial charge in [0.25, 0.3) is 0 Å². The minimum Gasteiger partial charge on any atom is -0.325 e. The van der Waals surface area contributed by atoms with Crippen LogP contribution in [0.3, 0.4) is 0 Å². The van der Waals surface area contributed by atoms with E-state index in [-0.39, 0.29) is 17.7 Å². The Morgan fingerprint density at radius 1 is 1.44 bits per heavy atom. The summed E-state index contributed by atoms with van der Waals surface area (Å²) in [6.45, 7) is 2.21. The van der Waals surface area contributed by atoms with Crippen LogP contribution in [0.2, 0.25) is 0 Å². The van der Waals surface area contributed by atoms with Crippen LogP contribution in [0, 0.1) is 0 Å². The summed E-state index contributed by atoms with van der Waals surface area (Å²) in [4.78, 5) is 26.0. The Morgan fingerprint density at radius 2 is 2.17 bits per heavy atom. The van der Waals surface area contributed by atoms with Gasteiger partial charge in [-0.05, 0) is 32.0 Å². The molecule has 2 aliphatic rings. The second kappa shape index (κ2) is 3.65. The lowest BCUT2D eigenvalue weighted by Crippen LogP contribution is -2.36. The van der Waals surface area contributed by atoms with Gasteiger partial charge in [-0.15, -0.1) is 0 Å². The molecule has 2 atom stereocenters. The van der Waals surface area contributed by atoms with E-state index in [9.17, 15) is 9.59 Å². The molecule has 2 heterocycles. The summed E-state index contributed by atoms with van der Waals surface area (Å²) >= 11 is 0. The van der Waals surface area contributed by atoms with Crippen molar-refractivity contribution in [1.82, 2.24) is 4.90 Å². The first-order valence-electron chi connectivity index (χ1n) is 6.16. The molecular weight excluding hydrogens is 228 g/mol. The lowest BCUT2D eigenvalue weighted by atomic mass is 9.79. The van der Waals surface area contributed by atoms with Crippen LogP contribution in [0.4, 0.5) is 5.69 Å². The molecule has 1 aromatic rings. The van der Waals surface area contributed by atoms with Crippen molar-refractivity contribution in [3.05, 3.63) is 29.8 Å². The molecule has 1 amide bonds. The summed E-state index contributed by atoms with van der Waals surface area (Å²) in [6.07, 6.45) is 0.585. The number of hydrogen-bond acceptors (Lipinski definition) is 3. The molecule has 18 heavy (non-hydrogen) atoms. The SMILES string of the molecule is CC(=O)[C@@H]1C[C@@]2(CN1C)C(=O)Nc1ccccc12. The minimum absolute atomic E-state index is 0.0271. The Bertz CT molecular complexity index is 540. The van der Waals surface area contributed by atoms with E-state index >= 15 is 0 Å². The minimum atomic E-state index is -0.540. The maximum Gasteiger partial charge on any atom is 0.236 e. The molecule has 2 aliphatic heterocycles. The van der Waals surface area contributed by atoms with Gasteiger partial charge in [-0.1, -0.05) is 18.2 Å². The summed E-state index contributed by atoms with van der Waals surface area (Å²) in [6, 6.07) is 7.62. The van der Waals surface area contributed by atoms with Crippen LogP contribution in [-0.2, 0) is 15.0 Å². The molecule has 3 rings (SSSR count). The first-order valence-corrected chi connectivity index (χ1v) is 6.16. The number of carbonyl (C=O) groups is 2. The van der Waals surface area contributed by atoms with Crippen molar-refractivity contribution in [2.45, 2.75) is 24.8 Å². The monoisotopic (exact) mass is 244 g/mol. The molecular formula is C14H16N2O2. The number of anilines is 1. The molecule has 0 aliphatic carbocycles. The molecule has 0 saturated carbocycles. The van der Waals surface area contributed by atoms with Gasteiger partial charge >= 0.3 is 0 Å². The van der Waals surface area contributed by atoms with E-state index in [1.54, 1.807) is 6.92 Å². The number of nitrogens with one attached hydrogen (secondary N) is 1. The molecule has 1 saturated heterocycles. The maximum absolute atomic E-state index is 12.3. The van der Waals surface area contributed by atoms with E-state index in [1.807, 2.05) is 36.2 Å². The van der Waals surface area contributed by atoms with Gasteiger partial charge < -0.3 is 5.32 Å². The Morgan fingerprint density at radius 3 is 2.83 bits per heavy atom. The van der Waals surface area contributed by atoms with E-state index in [0.29, 0.717) is 13.0 Å². The van der Waals surface area contributed by atoms with Crippen LogP contribution in [0.5, 0.6) is 0 Å². The molecule has 0 aromatic heterocycles. The number of nitrogens with zero attached hydrogens (tertiary/aromatic N) is 1. The number of rotatable bonds is 1. The Balaban J connectivity index is 2.07. The lowest BCUT2D eigenvalue weighted by Gasteiger charge is -2.20. The molecule has 1 aromatic carbocycles. The third kappa shape index (κ3) is 1.35. The number of likely N-dealkylation sites (N-methyl/N-ethyl adjacent to an activating group) is 1. The number of amides is 1. The standard InChI is InChI=1S/C14H16N2O2/c1-9(17)12-7-14(8-16(12)2)10-5-3-4-6-11(10)15-13(14)18/h3-6,12H,7-8H2,1-2H3,(H,15,18)/t12-,14-/m0/s1. The molecule has 4 nitrogen and oxygen atoms in total. The highest BCUT2D eigenvalue weighted by atomic mass is 16.2. The molecule has 0 radical (unpaired) electrons. The van der Waals surface area contributed by atoms with Crippen molar-refractivity contribution in [1.29, 1.82) is 0 Å². The van der Waals surface area contributed by atoms with Crippen LogP contribution < -0.4 is 5.32 Å². The zero-order valence-electron chi connectivity index (χ0n) is 10.6. The van der Waals surface area contributed by atoms with Gasteiger partial charge in [0.05, 0.1) is 11.5 Å². The predicted molar refractivity (Wildman–Crippen MR) is 68.5 cm³/mol. The van der Waals surface area contributed by atoms with E-state index in [2.05, 4.69) is 5.32 Å². The van der Waals surface area contributed by atoms with Gasteiger partial charge in [0.1, 0.15) is 5.78 Å². The third-order valence-electron chi connectivity index (χ3n) is 4.19. The first-order chi connectivity index (χ1) is 8.54. The number of fused-ring (bicyclic) bond motifs is 2. The highest BCUT2D eigenvalue weighted by Gasteiger charge is 2.54. The largest absolute Gasteiger partial charge is 0.325 e. The highest BCUT2D eigenvalue weighted by Crippen LogP contribution is 2.45. The number of hydrogen-bond donors (Lipinski definition) is 1. The second-order valence-corrected chi connectivity index (χ2v) is 5.33. The maximum atomic E-state index is 12.3. The summed E-state index contributed by atoms with van der Waals surface area (Å²) < 4.78 is 0. The van der Waals surface area contributed by atoms with Gasteiger partial charge in [0, 0.05) is 12.2 Å². The highest BCUT2D eigenvalue weighted by molar-refractivity contribution is 6.07. The van der Waals surface area contributed by atoms with Crippen molar-refractivity contribution in [2.75, 3.05) is 18.9 Å². The predicted octanol–water partition coefficient (Wildman–Crippen LogP) is 1.17. The van der Waals surface area contributed by atoms with Gasteiger partial charge in [-0.2, -0.15) is 0 Å². The van der Waals surface area contributed by atoms with Gasteiger partial charge in [0.2, 0.25) is 5.91 Å². The molecule has 1 spiro atoms. The normalized spacial score (nSPS) is 30.6. The smallest absolute Gasteiger partial charge is 0.236 e. The molecule has 0 unspecified atom stereocenters. The Hall–Kier alpha value is -1.68. The fourth-order valence-electron chi connectivity index (χ4n) is 3.27. The summed E-state index contributed by atoms with van der Waals surface area (Å²) in [7, 11) is 1.91. The lowest BCUT2D eigenvalue weighted by molar-refractivity contribution is -0.120. The van der Waals surface area contributed by atoms with Crippen molar-refractivity contribution >= 4 is 17.4 Å². The van der Waals surface area contributed by atoms with Gasteiger partial charge in [-0.3, -0.25) is 14.5 Å². The van der Waals surface area contributed by atoms with Crippen molar-refractivity contribution in [2.24, 2.45) is 0 Å². The number of benzene rings is 1. The number of Topliss-reactive ketones (excluding diaryl/α,β-unsaturated/α-hetero) is 1. The van der Waals surface area contributed by atoms with Crippen LogP contribution in [0.1, 0.15) is 18.9 Å². The number of likely N-dealkylation sites (tertiary alicyclic amines) is 1. The molecule has 0 bridgehead atoms. The number of para-hydroxylation sites is 1. The van der Waals surface area contributed by atoms with Gasteiger partial charge in [0.15, 0.2) is 0 Å². The van der Waals surface area contributed by atoms with Crippen molar-refractivity contribution in [3.8, 4) is 0 Å². The quantitative estimate of drug-likeness (QED) is 0.806. The summed E-state index contributed by atoms with van der Waals surface area (Å²) in [5.74, 6) is 0.158. The third-order valence-corrected chi connectivity index (χ3v) is 4.19. The topological polar surface area (TPSA) is 49.4 Å². The van der Waals surface area contributed by atoms with E-state index in [1.165, 1.54) is 0 Å². The zero-order valence-corrected chi connectivity index (χ0v) is 10.6. The van der Waals surface area contributed by atoms with Gasteiger partial charge in [-0.25, -0.2) is 0 Å². The first kappa shape index (κ1) is 11.4. The molecule has 94 valence electrons. The second-order valence-electron chi connectivity index (χ2n) is 5.33. The summed E-state index contributed by atoms with van der Waals surface area (Å²) in [5, 5.41) is 2.93. The van der Waals surface area contributed by atoms with E-state index in [4.69, 9.17) is 0 Å². The van der Waals surface area contributed by atoms with Crippen LogP contribution >= 0.6 is 0 Å². The molecule has 4 heteroatoms. The van der Waals surface area contributed by atoms with Crippen LogP contribution in [0.25, 0.3) is 0 Å². The summed E-state index contributed by atoms with van der Waals surface area (Å²) in [5.41, 5.74) is 1.38.